The van der Waals surface area contributed by atoms with Crippen LogP contribution in [0.15, 0.2) is 48.8 Å². The van der Waals surface area contributed by atoms with Crippen LogP contribution in [0, 0.1) is 18.7 Å². The fraction of sp³-hybridized carbons (Fsp3) is 0.333. The second-order valence-corrected chi connectivity index (χ2v) is 10.5. The van der Waals surface area contributed by atoms with Gasteiger partial charge in [-0.15, -0.1) is 5.10 Å². The first-order chi connectivity index (χ1) is 21.2. The summed E-state index contributed by atoms with van der Waals surface area (Å²) < 4.78 is 25.8. The van der Waals surface area contributed by atoms with Crippen molar-refractivity contribution in [2.24, 2.45) is 5.92 Å². The van der Waals surface area contributed by atoms with Gasteiger partial charge in [-0.25, -0.2) is 18.9 Å². The van der Waals surface area contributed by atoms with Crippen LogP contribution in [-0.2, 0) is 14.3 Å². The van der Waals surface area contributed by atoms with Gasteiger partial charge in [0.25, 0.3) is 5.91 Å². The molecule has 2 aromatic carbocycles. The zero-order valence-corrected chi connectivity index (χ0v) is 24.5. The third kappa shape index (κ3) is 6.92. The maximum absolute atomic E-state index is 14.6. The first-order valence-electron chi connectivity index (χ1n) is 14.1. The van der Waals surface area contributed by atoms with E-state index in [1.807, 2.05) is 6.92 Å². The molecule has 3 amide bonds. The minimum atomic E-state index is -0.652. The number of carbonyl (C=O) groups is 3. The van der Waals surface area contributed by atoms with E-state index in [2.05, 4.69) is 36.2 Å². The van der Waals surface area contributed by atoms with Crippen LogP contribution in [-0.4, -0.2) is 63.2 Å². The van der Waals surface area contributed by atoms with Gasteiger partial charge in [0, 0.05) is 24.3 Å². The third-order valence-electron chi connectivity index (χ3n) is 7.29. The summed E-state index contributed by atoms with van der Waals surface area (Å²) in [6.07, 6.45) is 3.99. The second-order valence-electron chi connectivity index (χ2n) is 10.5. The van der Waals surface area contributed by atoms with E-state index in [-0.39, 0.29) is 36.4 Å². The molecule has 0 saturated carbocycles. The van der Waals surface area contributed by atoms with Crippen molar-refractivity contribution in [3.63, 3.8) is 0 Å². The number of nitrogens with one attached hydrogen (secondary N) is 4. The molecule has 44 heavy (non-hydrogen) atoms. The van der Waals surface area contributed by atoms with Gasteiger partial charge in [0.2, 0.25) is 5.91 Å². The molecule has 3 heterocycles. The van der Waals surface area contributed by atoms with Gasteiger partial charge in [0.05, 0.1) is 36.4 Å². The molecule has 230 valence electrons. The fourth-order valence-electron chi connectivity index (χ4n) is 4.80. The van der Waals surface area contributed by atoms with Crippen LogP contribution in [0.25, 0.3) is 16.9 Å². The SMILES string of the molecule is COCCOC(=O)Nc1ccc2c(c1)NC(=O)[C@H](C)CCC[C@H](NC(=O)c1cn(-c3cccc(C)c3F)nn1)c1ncc-2[nH]1. The number of anilines is 2. The quantitative estimate of drug-likeness (QED) is 0.223. The van der Waals surface area contributed by atoms with E-state index < -0.39 is 23.9 Å². The lowest BCUT2D eigenvalue weighted by Crippen LogP contribution is -2.30. The largest absolute Gasteiger partial charge is 0.447 e. The molecular weight excluding hydrogens is 571 g/mol. The molecule has 2 bridgehead atoms. The molecule has 13 nitrogen and oxygen atoms in total. The van der Waals surface area contributed by atoms with E-state index in [9.17, 15) is 18.8 Å². The Hall–Kier alpha value is -5.11. The average Bonchev–Trinajstić information content (AvgIpc) is 3.69. The van der Waals surface area contributed by atoms with Crippen molar-refractivity contribution >= 4 is 29.3 Å². The Labute approximate surface area is 252 Å². The van der Waals surface area contributed by atoms with Crippen LogP contribution in [0.2, 0.25) is 0 Å². The van der Waals surface area contributed by atoms with Crippen molar-refractivity contribution < 1.29 is 28.2 Å². The summed E-state index contributed by atoms with van der Waals surface area (Å²) in [5.41, 5.74) is 2.77. The number of fused-ring (bicyclic) bond motifs is 4. The van der Waals surface area contributed by atoms with Crippen molar-refractivity contribution in [1.29, 1.82) is 0 Å². The van der Waals surface area contributed by atoms with Crippen molar-refractivity contribution in [2.45, 2.75) is 39.2 Å². The van der Waals surface area contributed by atoms with Crippen LogP contribution < -0.4 is 16.0 Å². The van der Waals surface area contributed by atoms with Crippen LogP contribution in [0.5, 0.6) is 0 Å². The van der Waals surface area contributed by atoms with Gasteiger partial charge in [-0.3, -0.25) is 14.9 Å². The molecule has 2 aromatic heterocycles. The lowest BCUT2D eigenvalue weighted by Gasteiger charge is -2.20. The van der Waals surface area contributed by atoms with Crippen LogP contribution in [0.1, 0.15) is 54.1 Å². The van der Waals surface area contributed by atoms with Crippen LogP contribution in [0.4, 0.5) is 20.6 Å². The fourth-order valence-corrected chi connectivity index (χ4v) is 4.80. The zero-order chi connectivity index (χ0) is 31.2. The number of aromatic nitrogens is 5. The number of benzene rings is 2. The molecule has 14 heteroatoms. The Morgan fingerprint density at radius 1 is 1.18 bits per heavy atom. The number of nitrogens with zero attached hydrogens (tertiary/aromatic N) is 4. The number of hydrogen-bond acceptors (Lipinski definition) is 8. The maximum atomic E-state index is 14.6. The summed E-state index contributed by atoms with van der Waals surface area (Å²) in [5.74, 6) is -0.958. The van der Waals surface area contributed by atoms with Gasteiger partial charge in [-0.2, -0.15) is 0 Å². The first-order valence-corrected chi connectivity index (χ1v) is 14.1. The summed E-state index contributed by atoms with van der Waals surface area (Å²) >= 11 is 0. The van der Waals surface area contributed by atoms with E-state index in [1.165, 1.54) is 18.0 Å². The Morgan fingerprint density at radius 2 is 2.02 bits per heavy atom. The van der Waals surface area contributed by atoms with Gasteiger partial charge in [0.1, 0.15) is 18.1 Å². The van der Waals surface area contributed by atoms with E-state index in [0.717, 1.165) is 0 Å². The Balaban J connectivity index is 1.38. The average molecular weight is 605 g/mol. The highest BCUT2D eigenvalue weighted by Crippen LogP contribution is 2.32. The summed E-state index contributed by atoms with van der Waals surface area (Å²) in [6.45, 7) is 3.84. The number of aryl methyl sites for hydroxylation is 1. The Kier molecular flexibility index (Phi) is 9.29. The molecule has 0 unspecified atom stereocenters. The number of H-pyrrole nitrogens is 1. The highest BCUT2D eigenvalue weighted by Gasteiger charge is 2.25. The summed E-state index contributed by atoms with van der Waals surface area (Å²) in [7, 11) is 1.51. The molecule has 2 atom stereocenters. The number of ether oxygens (including phenoxy) is 2. The predicted molar refractivity (Wildman–Crippen MR) is 159 cm³/mol. The number of methoxy groups -OCH3 is 1. The van der Waals surface area contributed by atoms with Crippen molar-refractivity contribution in [3.8, 4) is 16.9 Å². The topological polar surface area (TPSA) is 165 Å². The standard InChI is InChI=1S/C30H33FN8O5/c1-17-6-5-9-25(26(17)31)39-16-24(37-38-39)29(41)35-21-8-4-7-18(2)28(40)36-22-14-19(33-30(42)44-13-12-43-3)10-11-20(22)23-15-32-27(21)34-23/h5-6,9-11,14-16,18,21H,4,7-8,12-13H2,1-3H3,(H,32,34)(H,33,42)(H,35,41)(H,36,40)/t18-,21+/m1/s1. The molecule has 0 spiro atoms. The van der Waals surface area contributed by atoms with Crippen molar-refractivity contribution in [2.75, 3.05) is 31.0 Å². The number of aromatic amines is 1. The summed E-state index contributed by atoms with van der Waals surface area (Å²) in [6, 6.07) is 9.43. The number of imidazole rings is 1. The number of hydrogen-bond donors (Lipinski definition) is 4. The normalized spacial score (nSPS) is 16.6. The molecule has 4 N–H and O–H groups in total. The number of carbonyl (C=O) groups excluding carboxylic acids is 3. The van der Waals surface area contributed by atoms with Crippen LogP contribution >= 0.6 is 0 Å². The molecule has 1 aliphatic heterocycles. The summed E-state index contributed by atoms with van der Waals surface area (Å²) in [4.78, 5) is 46.3. The maximum Gasteiger partial charge on any atom is 0.411 e. The molecule has 5 rings (SSSR count). The van der Waals surface area contributed by atoms with Gasteiger partial charge in [-0.1, -0.05) is 30.7 Å². The number of amides is 3. The minimum absolute atomic E-state index is 0.0164. The number of rotatable bonds is 7. The third-order valence-corrected chi connectivity index (χ3v) is 7.29. The second kappa shape index (κ2) is 13.5. The van der Waals surface area contributed by atoms with Crippen LogP contribution in [0.3, 0.4) is 0 Å². The highest BCUT2D eigenvalue weighted by atomic mass is 19.1. The van der Waals surface area contributed by atoms with Gasteiger partial charge in [0.15, 0.2) is 11.5 Å². The van der Waals surface area contributed by atoms with E-state index in [1.54, 1.807) is 49.5 Å². The molecular formula is C30H33FN8O5. The molecule has 0 saturated heterocycles. The van der Waals surface area contributed by atoms with Crippen molar-refractivity contribution in [3.05, 3.63) is 71.7 Å². The highest BCUT2D eigenvalue weighted by molar-refractivity contribution is 5.98. The zero-order valence-electron chi connectivity index (χ0n) is 24.5. The van der Waals surface area contributed by atoms with E-state index in [4.69, 9.17) is 9.47 Å². The smallest absolute Gasteiger partial charge is 0.411 e. The van der Waals surface area contributed by atoms with Gasteiger partial charge < -0.3 is 25.1 Å². The van der Waals surface area contributed by atoms with E-state index >= 15 is 0 Å². The van der Waals surface area contributed by atoms with Gasteiger partial charge >= 0.3 is 6.09 Å². The summed E-state index contributed by atoms with van der Waals surface area (Å²) in [5, 5.41) is 16.5. The van der Waals surface area contributed by atoms with Crippen molar-refractivity contribution in [1.82, 2.24) is 30.3 Å². The Morgan fingerprint density at radius 3 is 2.84 bits per heavy atom. The minimum Gasteiger partial charge on any atom is -0.447 e. The lowest BCUT2D eigenvalue weighted by atomic mass is 9.99. The molecule has 0 radical (unpaired) electrons. The molecule has 4 aromatic rings. The molecule has 0 aliphatic carbocycles. The first kappa shape index (κ1) is 30.4. The Bertz CT molecular complexity index is 1670. The van der Waals surface area contributed by atoms with Gasteiger partial charge in [-0.05, 0) is 49.6 Å². The molecule has 0 fully saturated rings. The molecule has 1 aliphatic rings. The predicted octanol–water partition coefficient (Wildman–Crippen LogP) is 4.53. The number of halogens is 1. The van der Waals surface area contributed by atoms with E-state index in [0.29, 0.717) is 53.3 Å². The monoisotopic (exact) mass is 604 g/mol. The lowest BCUT2D eigenvalue weighted by molar-refractivity contribution is -0.119.